The zero-order chi connectivity index (χ0) is 21.4. The molecular formula is C22H21N7O2. The standard InChI is InChI=1S/C22H21N7O2/c1-27-10-8-15(12-27)13-28-14-18(11-23-28)24-22-25-20-19(3-2-9-29(20)26-22)16-4-6-17(7-5-16)21(30)31/h2-7,9,11-12,14H,8,10,13H2,1H3,(H,24,26)(H,30,31). The van der Waals surface area contributed by atoms with E-state index in [1.807, 2.05) is 29.2 Å². The zero-order valence-electron chi connectivity index (χ0n) is 16.9. The third-order valence-corrected chi connectivity index (χ3v) is 5.25. The van der Waals surface area contributed by atoms with Crippen LogP contribution in [0.3, 0.4) is 0 Å². The van der Waals surface area contributed by atoms with Crippen LogP contribution in [-0.2, 0) is 6.54 Å². The Morgan fingerprint density at radius 3 is 2.81 bits per heavy atom. The average molecular weight is 415 g/mol. The van der Waals surface area contributed by atoms with Crippen LogP contribution in [0, 0.1) is 0 Å². The van der Waals surface area contributed by atoms with Crippen molar-refractivity contribution in [3.63, 3.8) is 0 Å². The van der Waals surface area contributed by atoms with Crippen molar-refractivity contribution in [2.75, 3.05) is 18.9 Å². The van der Waals surface area contributed by atoms with Crippen LogP contribution in [0.5, 0.6) is 0 Å². The normalized spacial score (nSPS) is 13.6. The molecule has 0 amide bonds. The Morgan fingerprint density at radius 2 is 2.06 bits per heavy atom. The molecule has 0 unspecified atom stereocenters. The molecule has 2 N–H and O–H groups in total. The maximum atomic E-state index is 11.1. The summed E-state index contributed by atoms with van der Waals surface area (Å²) in [6.07, 6.45) is 8.76. The van der Waals surface area contributed by atoms with E-state index in [2.05, 4.69) is 38.6 Å². The molecule has 5 rings (SSSR count). The van der Waals surface area contributed by atoms with E-state index in [1.54, 1.807) is 35.0 Å². The first-order valence-electron chi connectivity index (χ1n) is 9.93. The molecule has 0 saturated carbocycles. The molecule has 3 aromatic heterocycles. The molecule has 31 heavy (non-hydrogen) atoms. The van der Waals surface area contributed by atoms with Gasteiger partial charge < -0.3 is 15.3 Å². The Morgan fingerprint density at radius 1 is 1.23 bits per heavy atom. The summed E-state index contributed by atoms with van der Waals surface area (Å²) in [6.45, 7) is 1.81. The first-order valence-corrected chi connectivity index (χ1v) is 9.93. The Bertz CT molecular complexity index is 1290. The fourth-order valence-corrected chi connectivity index (χ4v) is 3.71. The average Bonchev–Trinajstić information content (AvgIpc) is 3.48. The molecule has 0 fully saturated rings. The summed E-state index contributed by atoms with van der Waals surface area (Å²) in [7, 11) is 2.08. The number of carboxylic acid groups (broad SMARTS) is 1. The van der Waals surface area contributed by atoms with Crippen molar-refractivity contribution < 1.29 is 9.90 Å². The number of carboxylic acids is 1. The number of nitrogens with zero attached hydrogens (tertiary/aromatic N) is 6. The summed E-state index contributed by atoms with van der Waals surface area (Å²) in [5, 5.41) is 21.3. The maximum Gasteiger partial charge on any atom is 0.335 e. The minimum Gasteiger partial charge on any atom is -0.478 e. The number of nitrogens with one attached hydrogen (secondary N) is 1. The lowest BCUT2D eigenvalue weighted by molar-refractivity contribution is 0.0697. The SMILES string of the molecule is CN1C=C(Cn2cc(Nc3nc4c(-c5ccc(C(=O)O)cc5)cccn4n3)cn2)CC1. The van der Waals surface area contributed by atoms with Crippen molar-refractivity contribution in [2.24, 2.45) is 0 Å². The number of rotatable bonds is 6. The molecule has 156 valence electrons. The molecule has 1 aromatic carbocycles. The van der Waals surface area contributed by atoms with E-state index in [1.165, 1.54) is 5.57 Å². The van der Waals surface area contributed by atoms with E-state index in [4.69, 9.17) is 5.11 Å². The van der Waals surface area contributed by atoms with E-state index in [-0.39, 0.29) is 5.56 Å². The van der Waals surface area contributed by atoms with E-state index in [0.717, 1.165) is 36.3 Å². The minimum absolute atomic E-state index is 0.247. The molecule has 1 aliphatic rings. The molecule has 4 heterocycles. The van der Waals surface area contributed by atoms with Crippen molar-refractivity contribution in [3.8, 4) is 11.1 Å². The second kappa shape index (κ2) is 7.60. The summed E-state index contributed by atoms with van der Waals surface area (Å²) >= 11 is 0. The smallest absolute Gasteiger partial charge is 0.335 e. The predicted octanol–water partition coefficient (Wildman–Crippen LogP) is 3.25. The molecule has 0 saturated heterocycles. The highest BCUT2D eigenvalue weighted by molar-refractivity contribution is 5.89. The third-order valence-electron chi connectivity index (χ3n) is 5.25. The quantitative estimate of drug-likeness (QED) is 0.498. The summed E-state index contributed by atoms with van der Waals surface area (Å²) in [6, 6.07) is 10.6. The van der Waals surface area contributed by atoms with Crippen LogP contribution in [-0.4, -0.2) is 53.9 Å². The molecule has 0 radical (unpaired) electrons. The molecule has 1 aliphatic heterocycles. The second-order valence-corrected chi connectivity index (χ2v) is 7.58. The lowest BCUT2D eigenvalue weighted by atomic mass is 10.1. The van der Waals surface area contributed by atoms with Gasteiger partial charge in [-0.1, -0.05) is 12.1 Å². The summed E-state index contributed by atoms with van der Waals surface area (Å²) < 4.78 is 3.60. The van der Waals surface area contributed by atoms with E-state index < -0.39 is 5.97 Å². The molecule has 0 spiro atoms. The number of aromatic carboxylic acids is 1. The lowest BCUT2D eigenvalue weighted by Crippen LogP contribution is -2.04. The lowest BCUT2D eigenvalue weighted by Gasteiger charge is -2.03. The number of anilines is 2. The number of benzene rings is 1. The highest BCUT2D eigenvalue weighted by Crippen LogP contribution is 2.25. The first-order chi connectivity index (χ1) is 15.0. The van der Waals surface area contributed by atoms with Gasteiger partial charge in [-0.3, -0.25) is 4.68 Å². The Kier molecular flexibility index (Phi) is 4.62. The van der Waals surface area contributed by atoms with Crippen molar-refractivity contribution in [1.29, 1.82) is 0 Å². The minimum atomic E-state index is -0.949. The van der Waals surface area contributed by atoms with Crippen LogP contribution in [0.1, 0.15) is 16.8 Å². The number of pyridine rings is 1. The monoisotopic (exact) mass is 415 g/mol. The first kappa shape index (κ1) is 18.9. The molecular weight excluding hydrogens is 394 g/mol. The van der Waals surface area contributed by atoms with Crippen LogP contribution in [0.2, 0.25) is 0 Å². The summed E-state index contributed by atoms with van der Waals surface area (Å²) in [4.78, 5) is 17.9. The predicted molar refractivity (Wildman–Crippen MR) is 116 cm³/mol. The van der Waals surface area contributed by atoms with Crippen LogP contribution in [0.25, 0.3) is 16.8 Å². The molecule has 0 bridgehead atoms. The number of hydrogen-bond acceptors (Lipinski definition) is 6. The Balaban J connectivity index is 1.38. The highest BCUT2D eigenvalue weighted by atomic mass is 16.4. The van der Waals surface area contributed by atoms with Crippen molar-refractivity contribution >= 4 is 23.3 Å². The van der Waals surface area contributed by atoms with Gasteiger partial charge in [-0.15, -0.1) is 5.10 Å². The van der Waals surface area contributed by atoms with Crippen molar-refractivity contribution in [3.05, 3.63) is 72.3 Å². The van der Waals surface area contributed by atoms with Gasteiger partial charge in [0, 0.05) is 31.5 Å². The molecule has 4 aromatic rings. The van der Waals surface area contributed by atoms with Crippen LogP contribution < -0.4 is 5.32 Å². The van der Waals surface area contributed by atoms with Gasteiger partial charge in [0.25, 0.3) is 0 Å². The fraction of sp³-hybridized carbons (Fsp3) is 0.182. The second-order valence-electron chi connectivity index (χ2n) is 7.58. The number of hydrogen-bond donors (Lipinski definition) is 2. The van der Waals surface area contributed by atoms with E-state index >= 15 is 0 Å². The van der Waals surface area contributed by atoms with E-state index in [0.29, 0.717) is 11.6 Å². The maximum absolute atomic E-state index is 11.1. The summed E-state index contributed by atoms with van der Waals surface area (Å²) in [5.41, 5.74) is 4.83. The number of aromatic nitrogens is 5. The van der Waals surface area contributed by atoms with Crippen molar-refractivity contribution in [2.45, 2.75) is 13.0 Å². The Labute approximate surface area is 178 Å². The summed E-state index contributed by atoms with van der Waals surface area (Å²) in [5.74, 6) is -0.482. The van der Waals surface area contributed by atoms with Crippen LogP contribution in [0.15, 0.2) is 66.8 Å². The van der Waals surface area contributed by atoms with Gasteiger partial charge in [0.15, 0.2) is 5.65 Å². The van der Waals surface area contributed by atoms with Gasteiger partial charge in [-0.05, 0) is 48.0 Å². The van der Waals surface area contributed by atoms with Crippen LogP contribution >= 0.6 is 0 Å². The van der Waals surface area contributed by atoms with E-state index in [9.17, 15) is 4.79 Å². The topological polar surface area (TPSA) is 101 Å². The highest BCUT2D eigenvalue weighted by Gasteiger charge is 2.13. The van der Waals surface area contributed by atoms with Gasteiger partial charge in [0.1, 0.15) is 0 Å². The van der Waals surface area contributed by atoms with Crippen molar-refractivity contribution in [1.82, 2.24) is 29.3 Å². The Hall–Kier alpha value is -4.14. The van der Waals surface area contributed by atoms with Crippen LogP contribution in [0.4, 0.5) is 11.6 Å². The molecule has 9 heteroatoms. The van der Waals surface area contributed by atoms with Gasteiger partial charge in [-0.2, -0.15) is 10.1 Å². The van der Waals surface area contributed by atoms with Gasteiger partial charge >= 0.3 is 5.97 Å². The fourth-order valence-electron chi connectivity index (χ4n) is 3.71. The van der Waals surface area contributed by atoms with Gasteiger partial charge in [0.2, 0.25) is 5.95 Å². The third kappa shape index (κ3) is 3.85. The molecule has 0 aliphatic carbocycles. The van der Waals surface area contributed by atoms with Gasteiger partial charge in [-0.25, -0.2) is 9.31 Å². The molecule has 9 nitrogen and oxygen atoms in total. The molecule has 0 atom stereocenters. The number of carbonyl (C=O) groups is 1. The largest absolute Gasteiger partial charge is 0.478 e. The number of fused-ring (bicyclic) bond motifs is 1. The zero-order valence-corrected chi connectivity index (χ0v) is 16.9. The van der Waals surface area contributed by atoms with Gasteiger partial charge in [0.05, 0.1) is 24.0 Å².